The minimum Gasteiger partial charge on any atom is -1.00 e. The number of esters is 2. The van der Waals surface area contributed by atoms with E-state index < -0.39 is 0 Å². The molecule has 0 aromatic carbocycles. The highest BCUT2D eigenvalue weighted by molar-refractivity contribution is 5.87. The Bertz CT molecular complexity index is 705. The lowest BCUT2D eigenvalue weighted by molar-refractivity contribution is -0.671. The van der Waals surface area contributed by atoms with Gasteiger partial charge in [0, 0.05) is 12.0 Å². The van der Waals surface area contributed by atoms with Crippen LogP contribution in [0.1, 0.15) is 110 Å². The van der Waals surface area contributed by atoms with Crippen molar-refractivity contribution in [3.05, 3.63) is 30.9 Å². The molecule has 0 aliphatic heterocycles. The fraction of sp³-hybridized carbons (Fsp3) is 0.741. The van der Waals surface area contributed by atoms with Gasteiger partial charge in [-0.2, -0.15) is 0 Å². The molecule has 0 radical (unpaired) electrons. The van der Waals surface area contributed by atoms with E-state index in [0.717, 1.165) is 51.4 Å². The van der Waals surface area contributed by atoms with E-state index in [1.165, 1.54) is 39.2 Å². The summed E-state index contributed by atoms with van der Waals surface area (Å²) in [4.78, 5) is 23.7. The first-order chi connectivity index (χ1) is 15.9. The summed E-state index contributed by atoms with van der Waals surface area (Å²) in [6.45, 7) is 7.72. The summed E-state index contributed by atoms with van der Waals surface area (Å²) in [7, 11) is 3.45. The molecule has 0 bridgehead atoms. The number of halogens is 1. The summed E-state index contributed by atoms with van der Waals surface area (Å²) in [5.41, 5.74) is 0.444. The maximum atomic E-state index is 12.4. The van der Waals surface area contributed by atoms with Crippen LogP contribution in [0.15, 0.2) is 30.9 Å². The van der Waals surface area contributed by atoms with Crippen molar-refractivity contribution in [2.45, 2.75) is 116 Å². The molecular formula is C27H47IN2O4. The molecule has 0 spiro atoms. The number of carbonyl (C=O) groups is 2. The molecule has 0 saturated carbocycles. The quantitative estimate of drug-likeness (QED) is 0.0818. The summed E-state index contributed by atoms with van der Waals surface area (Å²) < 4.78 is 14.9. The van der Waals surface area contributed by atoms with E-state index in [0.29, 0.717) is 12.0 Å². The summed E-state index contributed by atoms with van der Waals surface area (Å²) >= 11 is 0. The highest BCUT2D eigenvalue weighted by Gasteiger charge is 2.30. The molecular weight excluding hydrogens is 543 g/mol. The Balaban J connectivity index is 0.0000109. The second-order valence-corrected chi connectivity index (χ2v) is 9.26. The average Bonchev–Trinajstić information content (AvgIpc) is 3.22. The lowest BCUT2D eigenvalue weighted by Crippen LogP contribution is -3.00. The van der Waals surface area contributed by atoms with Gasteiger partial charge < -0.3 is 33.5 Å². The van der Waals surface area contributed by atoms with Gasteiger partial charge in [0.15, 0.2) is 0 Å². The van der Waals surface area contributed by atoms with Crippen LogP contribution < -0.4 is 28.5 Å². The first kappa shape index (κ1) is 32.6. The molecule has 196 valence electrons. The van der Waals surface area contributed by atoms with Gasteiger partial charge in [0.05, 0.1) is 14.2 Å². The average molecular weight is 591 g/mol. The molecule has 0 aliphatic rings. The molecule has 1 heterocycles. The molecule has 1 rings (SSSR count). The number of methoxy groups -OCH3 is 1. The Morgan fingerprint density at radius 2 is 1.56 bits per heavy atom. The summed E-state index contributed by atoms with van der Waals surface area (Å²) in [5.74, 6) is -0.443. The number of imidazole rings is 1. The number of ether oxygens (including phenoxy) is 2. The smallest absolute Gasteiger partial charge is 0.333 e. The van der Waals surface area contributed by atoms with Crippen LogP contribution in [-0.2, 0) is 26.1 Å². The van der Waals surface area contributed by atoms with Crippen LogP contribution in [0.25, 0.3) is 0 Å². The SMILES string of the molecule is C=C(C)C(=O)OC(CCCCCCCC(=O)OC)C(CCCCCCCC)n1cc[n+](C)c1.[I-]. The molecule has 7 heteroatoms. The van der Waals surface area contributed by atoms with Crippen molar-refractivity contribution in [2.75, 3.05) is 7.11 Å². The van der Waals surface area contributed by atoms with Crippen molar-refractivity contribution in [2.24, 2.45) is 7.05 Å². The second kappa shape index (κ2) is 19.9. The lowest BCUT2D eigenvalue weighted by atomic mass is 9.97. The Kier molecular flexibility index (Phi) is 19.1. The molecule has 34 heavy (non-hydrogen) atoms. The Morgan fingerprint density at radius 3 is 2.12 bits per heavy atom. The van der Waals surface area contributed by atoms with Gasteiger partial charge in [0.2, 0.25) is 6.33 Å². The minimum absolute atomic E-state index is 0. The van der Waals surface area contributed by atoms with E-state index in [9.17, 15) is 9.59 Å². The van der Waals surface area contributed by atoms with Crippen LogP contribution in [-0.4, -0.2) is 29.7 Å². The molecule has 1 aromatic heterocycles. The Labute approximate surface area is 224 Å². The van der Waals surface area contributed by atoms with E-state index in [1.807, 2.05) is 17.8 Å². The van der Waals surface area contributed by atoms with Crippen molar-refractivity contribution in [3.8, 4) is 0 Å². The minimum atomic E-state index is -0.303. The molecule has 0 aliphatic carbocycles. The van der Waals surface area contributed by atoms with Crippen LogP contribution in [0.2, 0.25) is 0 Å². The zero-order chi connectivity index (χ0) is 24.5. The molecule has 0 amide bonds. The summed E-state index contributed by atoms with van der Waals surface area (Å²) in [5, 5.41) is 0. The van der Waals surface area contributed by atoms with Crippen molar-refractivity contribution >= 4 is 11.9 Å². The predicted octanol–water partition coefficient (Wildman–Crippen LogP) is 3.00. The highest BCUT2D eigenvalue weighted by atomic mass is 127. The van der Waals surface area contributed by atoms with Gasteiger partial charge in [0.1, 0.15) is 24.5 Å². The van der Waals surface area contributed by atoms with Gasteiger partial charge in [0.25, 0.3) is 0 Å². The summed E-state index contributed by atoms with van der Waals surface area (Å²) in [6, 6.07) is 0.125. The van der Waals surface area contributed by atoms with Gasteiger partial charge in [-0.3, -0.25) is 4.79 Å². The molecule has 0 N–H and O–H groups in total. The number of rotatable bonds is 19. The zero-order valence-corrected chi connectivity index (χ0v) is 24.1. The molecule has 6 nitrogen and oxygen atoms in total. The van der Waals surface area contributed by atoms with Gasteiger partial charge in [-0.1, -0.05) is 64.9 Å². The number of hydrogen-bond donors (Lipinski definition) is 0. The predicted molar refractivity (Wildman–Crippen MR) is 132 cm³/mol. The van der Waals surface area contributed by atoms with Crippen molar-refractivity contribution < 1.29 is 47.6 Å². The first-order valence-electron chi connectivity index (χ1n) is 12.8. The molecule has 0 fully saturated rings. The van der Waals surface area contributed by atoms with Crippen LogP contribution in [0.3, 0.4) is 0 Å². The Morgan fingerprint density at radius 1 is 0.971 bits per heavy atom. The van der Waals surface area contributed by atoms with Crippen molar-refractivity contribution in [1.82, 2.24) is 4.57 Å². The first-order valence-corrected chi connectivity index (χ1v) is 12.8. The summed E-state index contributed by atoms with van der Waals surface area (Å²) in [6.07, 6.45) is 20.8. The molecule has 2 atom stereocenters. The number of hydrogen-bond acceptors (Lipinski definition) is 4. The van der Waals surface area contributed by atoms with Gasteiger partial charge in [-0.25, -0.2) is 13.9 Å². The lowest BCUT2D eigenvalue weighted by Gasteiger charge is -2.25. The molecule has 1 aromatic rings. The third kappa shape index (κ3) is 14.1. The number of aromatic nitrogens is 2. The van der Waals surface area contributed by atoms with Crippen molar-refractivity contribution in [3.63, 3.8) is 0 Å². The van der Waals surface area contributed by atoms with E-state index >= 15 is 0 Å². The maximum Gasteiger partial charge on any atom is 0.333 e. The standard InChI is InChI=1S/C27H47N2O4.HI/c1-6-7-8-9-11-14-17-24(29-21-20-28(4)22-29)25(33-27(31)23(2)3)18-15-12-10-13-16-19-26(30)32-5;/h20-22,24-25H,2,6-19H2,1,3-5H3;1H/q+1;/p-1. The third-order valence-electron chi connectivity index (χ3n) is 6.16. The number of carbonyl (C=O) groups excluding carboxylic acids is 2. The van der Waals surface area contributed by atoms with E-state index in [-0.39, 0.29) is 48.1 Å². The zero-order valence-electron chi connectivity index (χ0n) is 21.9. The monoisotopic (exact) mass is 590 g/mol. The number of unbranched alkanes of at least 4 members (excludes halogenated alkanes) is 9. The second-order valence-electron chi connectivity index (χ2n) is 9.26. The molecule has 2 unspecified atom stereocenters. The van der Waals surface area contributed by atoms with E-state index in [4.69, 9.17) is 9.47 Å². The van der Waals surface area contributed by atoms with E-state index in [1.54, 1.807) is 6.92 Å². The van der Waals surface area contributed by atoms with Crippen LogP contribution in [0.5, 0.6) is 0 Å². The molecule has 0 saturated heterocycles. The topological polar surface area (TPSA) is 61.4 Å². The van der Waals surface area contributed by atoms with E-state index in [2.05, 4.69) is 30.6 Å². The van der Waals surface area contributed by atoms with Gasteiger partial charge >= 0.3 is 11.9 Å². The maximum absolute atomic E-state index is 12.4. The van der Waals surface area contributed by atoms with Gasteiger partial charge in [-0.05, 0) is 39.0 Å². The third-order valence-corrected chi connectivity index (χ3v) is 6.16. The van der Waals surface area contributed by atoms with Crippen LogP contribution in [0.4, 0.5) is 0 Å². The Hall–Kier alpha value is -1.38. The van der Waals surface area contributed by atoms with Gasteiger partial charge in [-0.15, -0.1) is 0 Å². The largest absolute Gasteiger partial charge is 1.00 e. The number of nitrogens with zero attached hydrogens (tertiary/aromatic N) is 2. The van der Waals surface area contributed by atoms with Crippen LogP contribution >= 0.6 is 0 Å². The fourth-order valence-electron chi connectivity index (χ4n) is 4.14. The van der Waals surface area contributed by atoms with Crippen LogP contribution in [0, 0.1) is 0 Å². The normalized spacial score (nSPS) is 12.5. The fourth-order valence-corrected chi connectivity index (χ4v) is 4.14. The highest BCUT2D eigenvalue weighted by Crippen LogP contribution is 2.27. The van der Waals surface area contributed by atoms with Crippen molar-refractivity contribution in [1.29, 1.82) is 0 Å². The number of aryl methyl sites for hydroxylation is 1.